The van der Waals surface area contributed by atoms with Crippen LogP contribution in [0, 0.1) is 34.5 Å². The molecule has 2 saturated carbocycles. The summed E-state index contributed by atoms with van der Waals surface area (Å²) in [6, 6.07) is 0. The SMILES string of the molecule is CC(=O)OC[C@@]12[C@@H]3C(=O)[C@H](OC(C)=O)[C@H](C)[C@@H]1CC(=O)O[C@@H]2C[C@H]1C(C)=CC(=O)[C@@H](OC(C)=O)[C@]31C. The summed E-state index contributed by atoms with van der Waals surface area (Å²) in [6.45, 7) is 8.61. The molecule has 196 valence electrons. The molecule has 0 N–H and O–H groups in total. The molecule has 0 bridgehead atoms. The molecule has 10 nitrogen and oxygen atoms in total. The molecular formula is C26H32O10. The lowest BCUT2D eigenvalue weighted by molar-refractivity contribution is -0.264. The van der Waals surface area contributed by atoms with E-state index in [1.807, 2.05) is 0 Å². The van der Waals surface area contributed by atoms with E-state index in [0.29, 0.717) is 5.57 Å². The van der Waals surface area contributed by atoms with E-state index in [1.165, 1.54) is 26.8 Å². The molecule has 0 radical (unpaired) electrons. The Morgan fingerprint density at radius 2 is 1.69 bits per heavy atom. The first-order valence-corrected chi connectivity index (χ1v) is 12.2. The van der Waals surface area contributed by atoms with Crippen LogP contribution < -0.4 is 0 Å². The van der Waals surface area contributed by atoms with E-state index >= 15 is 0 Å². The number of carbonyl (C=O) groups excluding carboxylic acids is 6. The van der Waals surface area contributed by atoms with Crippen molar-refractivity contribution in [3.63, 3.8) is 0 Å². The number of carbonyl (C=O) groups is 6. The zero-order valence-corrected chi connectivity index (χ0v) is 21.3. The molecule has 0 aromatic rings. The Kier molecular flexibility index (Phi) is 6.37. The van der Waals surface area contributed by atoms with Gasteiger partial charge in [0.05, 0.1) is 5.41 Å². The van der Waals surface area contributed by atoms with Gasteiger partial charge in [0.25, 0.3) is 0 Å². The van der Waals surface area contributed by atoms with Gasteiger partial charge in [0.2, 0.25) is 0 Å². The van der Waals surface area contributed by atoms with Gasteiger partial charge in [0, 0.05) is 44.4 Å². The number of rotatable bonds is 4. The van der Waals surface area contributed by atoms with Crippen LogP contribution in [0.25, 0.3) is 0 Å². The van der Waals surface area contributed by atoms with Crippen molar-refractivity contribution in [1.29, 1.82) is 0 Å². The second-order valence-corrected chi connectivity index (χ2v) is 10.8. The van der Waals surface area contributed by atoms with Crippen molar-refractivity contribution in [1.82, 2.24) is 0 Å². The lowest BCUT2D eigenvalue weighted by Gasteiger charge is -2.67. The molecule has 1 saturated heterocycles. The van der Waals surface area contributed by atoms with E-state index < -0.39 is 88.3 Å². The Balaban J connectivity index is 2.00. The summed E-state index contributed by atoms with van der Waals surface area (Å²) < 4.78 is 22.4. The van der Waals surface area contributed by atoms with Crippen LogP contribution in [0.3, 0.4) is 0 Å². The van der Waals surface area contributed by atoms with Gasteiger partial charge in [0.1, 0.15) is 12.7 Å². The summed E-state index contributed by atoms with van der Waals surface area (Å²) in [6.07, 6.45) is -1.71. The van der Waals surface area contributed by atoms with Crippen molar-refractivity contribution >= 4 is 35.4 Å². The van der Waals surface area contributed by atoms with Gasteiger partial charge in [-0.2, -0.15) is 0 Å². The minimum Gasteiger partial charge on any atom is -0.465 e. The number of Topliss-reactive ketones (excluding diaryl/α,β-unsaturated/α-hetero) is 1. The van der Waals surface area contributed by atoms with Crippen molar-refractivity contribution in [3.05, 3.63) is 11.6 Å². The van der Waals surface area contributed by atoms with E-state index in [4.69, 9.17) is 18.9 Å². The van der Waals surface area contributed by atoms with Gasteiger partial charge >= 0.3 is 23.9 Å². The monoisotopic (exact) mass is 504 g/mol. The molecular weight excluding hydrogens is 472 g/mol. The second-order valence-electron chi connectivity index (χ2n) is 10.8. The molecule has 0 amide bonds. The molecule has 0 aromatic carbocycles. The van der Waals surface area contributed by atoms with Crippen LogP contribution >= 0.6 is 0 Å². The predicted molar refractivity (Wildman–Crippen MR) is 121 cm³/mol. The van der Waals surface area contributed by atoms with Crippen LogP contribution in [-0.2, 0) is 47.7 Å². The first-order chi connectivity index (χ1) is 16.7. The summed E-state index contributed by atoms with van der Waals surface area (Å²) in [5.74, 6) is -6.00. The van der Waals surface area contributed by atoms with Crippen molar-refractivity contribution in [2.75, 3.05) is 6.61 Å². The zero-order chi connectivity index (χ0) is 26.7. The van der Waals surface area contributed by atoms with Crippen molar-refractivity contribution in [2.24, 2.45) is 34.5 Å². The van der Waals surface area contributed by atoms with Gasteiger partial charge < -0.3 is 18.9 Å². The van der Waals surface area contributed by atoms with Crippen LogP contribution in [0.4, 0.5) is 0 Å². The third-order valence-electron chi connectivity index (χ3n) is 8.83. The molecule has 0 aromatic heterocycles. The van der Waals surface area contributed by atoms with Crippen LogP contribution in [-0.4, -0.2) is 60.4 Å². The standard InChI is InChI=1S/C26H32O10/c1-11-7-18(30)24(35-15(5)29)25(6)16(11)8-19-26(10-33-13(3)27)17(9-20(31)36-19)12(2)22(34-14(4)28)21(32)23(25)26/h7,12,16-17,19,22-24H,8-10H2,1-6H3/t12-,16+,17+,19-,22-,23-,24-,25+,26-/m1/s1. The molecule has 3 aliphatic carbocycles. The first kappa shape index (κ1) is 26.0. The van der Waals surface area contributed by atoms with Crippen LogP contribution in [0.15, 0.2) is 11.6 Å². The third-order valence-corrected chi connectivity index (χ3v) is 8.83. The van der Waals surface area contributed by atoms with Crippen LogP contribution in [0.2, 0.25) is 0 Å². The lowest BCUT2D eigenvalue weighted by Crippen LogP contribution is -2.75. The summed E-state index contributed by atoms with van der Waals surface area (Å²) in [4.78, 5) is 76.5. The zero-order valence-electron chi connectivity index (χ0n) is 21.3. The maximum atomic E-state index is 14.3. The Labute approximate surface area is 209 Å². The third kappa shape index (κ3) is 3.67. The smallest absolute Gasteiger partial charge is 0.306 e. The number of ether oxygens (including phenoxy) is 4. The van der Waals surface area contributed by atoms with Gasteiger partial charge in [-0.05, 0) is 31.3 Å². The minimum absolute atomic E-state index is 0.0811. The topological polar surface area (TPSA) is 139 Å². The minimum atomic E-state index is -1.29. The van der Waals surface area contributed by atoms with Crippen LogP contribution in [0.1, 0.15) is 54.4 Å². The number of hydrogen-bond acceptors (Lipinski definition) is 10. The van der Waals surface area contributed by atoms with Gasteiger partial charge in [-0.1, -0.05) is 19.4 Å². The van der Waals surface area contributed by atoms with E-state index in [2.05, 4.69) is 0 Å². The van der Waals surface area contributed by atoms with Gasteiger partial charge in [-0.15, -0.1) is 0 Å². The fraction of sp³-hybridized carbons (Fsp3) is 0.692. The quantitative estimate of drug-likeness (QED) is 0.411. The fourth-order valence-corrected chi connectivity index (χ4v) is 7.64. The second kappa shape index (κ2) is 8.81. The van der Waals surface area contributed by atoms with Gasteiger partial charge in [-0.3, -0.25) is 28.8 Å². The molecule has 1 aliphatic heterocycles. The van der Waals surface area contributed by atoms with Crippen LogP contribution in [0.5, 0.6) is 0 Å². The van der Waals surface area contributed by atoms with E-state index in [0.717, 1.165) is 0 Å². The highest BCUT2D eigenvalue weighted by atomic mass is 16.6. The van der Waals surface area contributed by atoms with Crippen molar-refractivity contribution in [2.45, 2.75) is 72.7 Å². The maximum absolute atomic E-state index is 14.3. The van der Waals surface area contributed by atoms with Crippen molar-refractivity contribution in [3.8, 4) is 0 Å². The summed E-state index contributed by atoms with van der Waals surface area (Å²) in [5, 5.41) is 0. The predicted octanol–water partition coefficient (Wildman–Crippen LogP) is 1.72. The molecule has 0 unspecified atom stereocenters. The average molecular weight is 505 g/mol. The Morgan fingerprint density at radius 1 is 1.06 bits per heavy atom. The molecule has 1 heterocycles. The molecule has 3 fully saturated rings. The summed E-state index contributed by atoms with van der Waals surface area (Å²) in [7, 11) is 0. The summed E-state index contributed by atoms with van der Waals surface area (Å²) in [5.41, 5.74) is -1.80. The largest absolute Gasteiger partial charge is 0.465 e. The van der Waals surface area contributed by atoms with Crippen molar-refractivity contribution < 1.29 is 47.7 Å². The summed E-state index contributed by atoms with van der Waals surface area (Å²) >= 11 is 0. The number of fused-ring (bicyclic) bond motifs is 2. The number of esters is 4. The molecule has 10 heteroatoms. The first-order valence-electron chi connectivity index (χ1n) is 12.2. The maximum Gasteiger partial charge on any atom is 0.306 e. The highest BCUT2D eigenvalue weighted by molar-refractivity contribution is 5.99. The Hall–Kier alpha value is -3.04. The molecule has 0 spiro atoms. The van der Waals surface area contributed by atoms with E-state index in [-0.39, 0.29) is 19.4 Å². The molecule has 4 rings (SSSR count). The number of allylic oxidation sites excluding steroid dienone is 1. The van der Waals surface area contributed by atoms with E-state index in [9.17, 15) is 28.8 Å². The highest BCUT2D eigenvalue weighted by Crippen LogP contribution is 2.68. The molecule has 36 heavy (non-hydrogen) atoms. The molecule has 4 aliphatic rings. The van der Waals surface area contributed by atoms with Gasteiger partial charge in [0.15, 0.2) is 23.8 Å². The number of hydrogen-bond donors (Lipinski definition) is 0. The molecule has 9 atom stereocenters. The Bertz CT molecular complexity index is 1070. The number of ketones is 2. The average Bonchev–Trinajstić information content (AvgIpc) is 2.76. The van der Waals surface area contributed by atoms with Gasteiger partial charge in [-0.25, -0.2) is 0 Å². The lowest BCUT2D eigenvalue weighted by atomic mass is 9.38. The normalized spacial score (nSPS) is 41.2. The van der Waals surface area contributed by atoms with E-state index in [1.54, 1.807) is 20.8 Å². The Morgan fingerprint density at radius 3 is 2.28 bits per heavy atom. The fourth-order valence-electron chi connectivity index (χ4n) is 7.64. The highest BCUT2D eigenvalue weighted by Gasteiger charge is 2.76.